The molecule has 1 nitrogen and oxygen atoms in total. The Morgan fingerprint density at radius 1 is 1.20 bits per heavy atom. The SMILES string of the molecule is C=CCN1CCCCC1.I. The molecule has 0 spiro atoms. The molecule has 1 fully saturated rings. The van der Waals surface area contributed by atoms with Gasteiger partial charge >= 0.3 is 0 Å². The summed E-state index contributed by atoms with van der Waals surface area (Å²) in [5, 5.41) is 0. The molecule has 1 saturated heterocycles. The average molecular weight is 253 g/mol. The molecule has 0 aromatic carbocycles. The van der Waals surface area contributed by atoms with Gasteiger partial charge in [0, 0.05) is 6.54 Å². The summed E-state index contributed by atoms with van der Waals surface area (Å²) >= 11 is 0. The van der Waals surface area contributed by atoms with Crippen LogP contribution in [0.4, 0.5) is 0 Å². The lowest BCUT2D eigenvalue weighted by Crippen LogP contribution is -2.29. The first-order valence-electron chi connectivity index (χ1n) is 3.77. The van der Waals surface area contributed by atoms with E-state index in [4.69, 9.17) is 0 Å². The third-order valence-corrected chi connectivity index (χ3v) is 1.84. The first-order valence-corrected chi connectivity index (χ1v) is 3.77. The van der Waals surface area contributed by atoms with Crippen LogP contribution in [0.3, 0.4) is 0 Å². The van der Waals surface area contributed by atoms with Gasteiger partial charge in [-0.15, -0.1) is 30.6 Å². The molecule has 1 aliphatic heterocycles. The average Bonchev–Trinajstić information content (AvgIpc) is 1.91. The van der Waals surface area contributed by atoms with E-state index < -0.39 is 0 Å². The van der Waals surface area contributed by atoms with E-state index in [0.717, 1.165) is 6.54 Å². The molecule has 0 aliphatic carbocycles. The van der Waals surface area contributed by atoms with Crippen LogP contribution < -0.4 is 0 Å². The first-order chi connectivity index (χ1) is 4.43. The molecule has 0 saturated carbocycles. The van der Waals surface area contributed by atoms with Crippen molar-refractivity contribution in [1.29, 1.82) is 0 Å². The zero-order valence-corrected chi connectivity index (χ0v) is 8.71. The van der Waals surface area contributed by atoms with E-state index in [0.29, 0.717) is 0 Å². The van der Waals surface area contributed by atoms with Gasteiger partial charge in [-0.05, 0) is 25.9 Å². The molecule has 60 valence electrons. The van der Waals surface area contributed by atoms with Crippen molar-refractivity contribution < 1.29 is 0 Å². The Labute approximate surface area is 80.5 Å². The number of nitrogens with zero attached hydrogens (tertiary/aromatic N) is 1. The zero-order chi connectivity index (χ0) is 6.53. The highest BCUT2D eigenvalue weighted by molar-refractivity contribution is 14.0. The predicted molar refractivity (Wildman–Crippen MR) is 55.9 cm³/mol. The summed E-state index contributed by atoms with van der Waals surface area (Å²) < 4.78 is 0. The highest BCUT2D eigenvalue weighted by atomic mass is 127. The van der Waals surface area contributed by atoms with Gasteiger partial charge < -0.3 is 0 Å². The second-order valence-electron chi connectivity index (χ2n) is 2.65. The van der Waals surface area contributed by atoms with E-state index in [1.807, 2.05) is 6.08 Å². The summed E-state index contributed by atoms with van der Waals surface area (Å²) in [6.07, 6.45) is 6.18. The molecule has 1 rings (SSSR count). The monoisotopic (exact) mass is 253 g/mol. The van der Waals surface area contributed by atoms with Crippen molar-refractivity contribution >= 4 is 24.0 Å². The van der Waals surface area contributed by atoms with Crippen LogP contribution in [-0.2, 0) is 0 Å². The van der Waals surface area contributed by atoms with E-state index in [2.05, 4.69) is 11.5 Å². The summed E-state index contributed by atoms with van der Waals surface area (Å²) in [5.41, 5.74) is 0. The van der Waals surface area contributed by atoms with Crippen LogP contribution >= 0.6 is 24.0 Å². The summed E-state index contributed by atoms with van der Waals surface area (Å²) in [7, 11) is 0. The minimum Gasteiger partial charge on any atom is -0.300 e. The van der Waals surface area contributed by atoms with Gasteiger partial charge in [0.15, 0.2) is 0 Å². The maximum absolute atomic E-state index is 3.71. The second-order valence-corrected chi connectivity index (χ2v) is 2.65. The van der Waals surface area contributed by atoms with Gasteiger partial charge in [0.05, 0.1) is 0 Å². The number of halogens is 1. The van der Waals surface area contributed by atoms with Crippen LogP contribution in [-0.4, -0.2) is 24.5 Å². The molecular weight excluding hydrogens is 237 g/mol. The van der Waals surface area contributed by atoms with E-state index in [-0.39, 0.29) is 24.0 Å². The Kier molecular flexibility index (Phi) is 6.43. The summed E-state index contributed by atoms with van der Waals surface area (Å²) in [6, 6.07) is 0. The summed E-state index contributed by atoms with van der Waals surface area (Å²) in [4.78, 5) is 2.45. The third-order valence-electron chi connectivity index (χ3n) is 1.84. The molecular formula is C8H16IN. The predicted octanol–water partition coefficient (Wildman–Crippen LogP) is 2.28. The Morgan fingerprint density at radius 3 is 2.30 bits per heavy atom. The fraction of sp³-hybridized carbons (Fsp3) is 0.750. The van der Waals surface area contributed by atoms with Gasteiger partial charge in [-0.2, -0.15) is 0 Å². The van der Waals surface area contributed by atoms with Gasteiger partial charge in [-0.3, -0.25) is 4.90 Å². The van der Waals surface area contributed by atoms with Crippen molar-refractivity contribution in [2.24, 2.45) is 0 Å². The molecule has 0 atom stereocenters. The maximum atomic E-state index is 3.71. The molecule has 0 aromatic heterocycles. The van der Waals surface area contributed by atoms with Crippen LogP contribution in [0.25, 0.3) is 0 Å². The van der Waals surface area contributed by atoms with Gasteiger partial charge in [0.25, 0.3) is 0 Å². The Bertz CT molecular complexity index is 87.3. The van der Waals surface area contributed by atoms with E-state index >= 15 is 0 Å². The van der Waals surface area contributed by atoms with Crippen molar-refractivity contribution in [3.63, 3.8) is 0 Å². The van der Waals surface area contributed by atoms with Crippen molar-refractivity contribution in [2.75, 3.05) is 19.6 Å². The fourth-order valence-corrected chi connectivity index (χ4v) is 1.32. The number of hydrogen-bond donors (Lipinski definition) is 0. The number of likely N-dealkylation sites (tertiary alicyclic amines) is 1. The highest BCUT2D eigenvalue weighted by Gasteiger charge is 2.06. The third kappa shape index (κ3) is 3.56. The Hall–Kier alpha value is 0.430. The number of rotatable bonds is 2. The lowest BCUT2D eigenvalue weighted by Gasteiger charge is -2.24. The normalized spacial score (nSPS) is 19.6. The Morgan fingerprint density at radius 2 is 1.80 bits per heavy atom. The van der Waals surface area contributed by atoms with Crippen LogP contribution in [0.15, 0.2) is 12.7 Å². The first kappa shape index (κ1) is 10.4. The van der Waals surface area contributed by atoms with Gasteiger partial charge in [-0.1, -0.05) is 12.5 Å². The van der Waals surface area contributed by atoms with Gasteiger partial charge in [0.2, 0.25) is 0 Å². The van der Waals surface area contributed by atoms with Crippen LogP contribution in [0.5, 0.6) is 0 Å². The molecule has 0 radical (unpaired) electrons. The molecule has 0 unspecified atom stereocenters. The fourth-order valence-electron chi connectivity index (χ4n) is 1.32. The minimum absolute atomic E-state index is 0. The highest BCUT2D eigenvalue weighted by Crippen LogP contribution is 2.07. The molecule has 0 bridgehead atoms. The molecule has 1 aliphatic rings. The summed E-state index contributed by atoms with van der Waals surface area (Å²) in [5.74, 6) is 0. The minimum atomic E-state index is 0. The second kappa shape index (κ2) is 6.16. The maximum Gasteiger partial charge on any atom is 0.0160 e. The molecule has 10 heavy (non-hydrogen) atoms. The zero-order valence-electron chi connectivity index (χ0n) is 6.38. The van der Waals surface area contributed by atoms with E-state index in [1.54, 1.807) is 0 Å². The Balaban J connectivity index is 0.000000810. The smallest absolute Gasteiger partial charge is 0.0160 e. The standard InChI is InChI=1S/C8H15N.HI/c1-2-6-9-7-4-3-5-8-9;/h2H,1,3-8H2;1H. The lowest BCUT2D eigenvalue weighted by atomic mass is 10.1. The lowest BCUT2D eigenvalue weighted by molar-refractivity contribution is 0.251. The molecule has 0 amide bonds. The van der Waals surface area contributed by atoms with E-state index in [9.17, 15) is 0 Å². The van der Waals surface area contributed by atoms with Gasteiger partial charge in [0.1, 0.15) is 0 Å². The topological polar surface area (TPSA) is 3.24 Å². The van der Waals surface area contributed by atoms with Crippen molar-refractivity contribution in [1.82, 2.24) is 4.90 Å². The number of piperidine rings is 1. The number of hydrogen-bond acceptors (Lipinski definition) is 1. The quantitative estimate of drug-likeness (QED) is 0.539. The van der Waals surface area contributed by atoms with Crippen LogP contribution in [0.2, 0.25) is 0 Å². The van der Waals surface area contributed by atoms with Crippen molar-refractivity contribution in [3.8, 4) is 0 Å². The molecule has 0 N–H and O–H groups in total. The van der Waals surface area contributed by atoms with Crippen LogP contribution in [0, 0.1) is 0 Å². The van der Waals surface area contributed by atoms with E-state index in [1.165, 1.54) is 32.4 Å². The molecule has 0 aromatic rings. The summed E-state index contributed by atoms with van der Waals surface area (Å²) in [6.45, 7) is 7.36. The van der Waals surface area contributed by atoms with Crippen molar-refractivity contribution in [2.45, 2.75) is 19.3 Å². The molecule has 1 heterocycles. The van der Waals surface area contributed by atoms with Gasteiger partial charge in [-0.25, -0.2) is 0 Å². The molecule has 2 heteroatoms. The van der Waals surface area contributed by atoms with Crippen molar-refractivity contribution in [3.05, 3.63) is 12.7 Å². The van der Waals surface area contributed by atoms with Crippen LogP contribution in [0.1, 0.15) is 19.3 Å². The largest absolute Gasteiger partial charge is 0.300 e.